The van der Waals surface area contributed by atoms with E-state index in [0.717, 1.165) is 7.11 Å². The van der Waals surface area contributed by atoms with Gasteiger partial charge in [-0.3, -0.25) is 19.6 Å². The summed E-state index contributed by atoms with van der Waals surface area (Å²) in [4.78, 5) is 42.0. The van der Waals surface area contributed by atoms with Crippen molar-refractivity contribution in [1.29, 1.82) is 0 Å². The van der Waals surface area contributed by atoms with E-state index in [1.165, 1.54) is 4.57 Å². The van der Waals surface area contributed by atoms with Crippen molar-refractivity contribution in [2.75, 3.05) is 12.4 Å². The Morgan fingerprint density at radius 2 is 1.80 bits per heavy atom. The van der Waals surface area contributed by atoms with Gasteiger partial charge in [0, 0.05) is 22.3 Å². The number of halogens is 3. The van der Waals surface area contributed by atoms with E-state index in [4.69, 9.17) is 23.2 Å². The van der Waals surface area contributed by atoms with Gasteiger partial charge in [-0.25, -0.2) is 15.2 Å². The molecule has 0 bridgehead atoms. The average Bonchev–Trinajstić information content (AvgIpc) is 3.25. The second-order valence-electron chi connectivity index (χ2n) is 7.08. The molecule has 2 aromatic heterocycles. The number of rotatable bonds is 4. The maximum absolute atomic E-state index is 13.4. The Hall–Kier alpha value is -3.60. The minimum absolute atomic E-state index is 0.0199. The van der Waals surface area contributed by atoms with Gasteiger partial charge in [-0.05, 0) is 45.6 Å². The number of aromatic nitrogens is 2. The van der Waals surface area contributed by atoms with Crippen molar-refractivity contribution in [2.45, 2.75) is 0 Å². The van der Waals surface area contributed by atoms with Crippen LogP contribution in [0.5, 0.6) is 0 Å². The smallest absolute Gasteiger partial charge is 0.425 e. The van der Waals surface area contributed by atoms with E-state index < -0.39 is 17.9 Å². The first kappa shape index (κ1) is 24.5. The van der Waals surface area contributed by atoms with Crippen molar-refractivity contribution in [3.63, 3.8) is 0 Å². The molecular formula is C23H16BrCl2N5O4. The number of ether oxygens (including phenoxy) is 1. The first-order valence-corrected chi connectivity index (χ1v) is 11.5. The summed E-state index contributed by atoms with van der Waals surface area (Å²) in [6, 6.07) is 13.5. The van der Waals surface area contributed by atoms with Crippen LogP contribution < -0.4 is 16.2 Å². The number of hydrogen-bond acceptors (Lipinski definition) is 5. The number of methoxy groups -OCH3 is 1. The summed E-state index contributed by atoms with van der Waals surface area (Å²) in [5.74, 6) is -0.956. The number of carbonyl (C=O) groups is 3. The number of fused-ring (bicyclic) bond motifs is 1. The Labute approximate surface area is 217 Å². The predicted molar refractivity (Wildman–Crippen MR) is 136 cm³/mol. The molecule has 12 heteroatoms. The van der Waals surface area contributed by atoms with Crippen LogP contribution in [0.1, 0.15) is 20.8 Å². The zero-order valence-corrected chi connectivity index (χ0v) is 21.0. The Morgan fingerprint density at radius 1 is 1.03 bits per heavy atom. The Morgan fingerprint density at radius 3 is 2.54 bits per heavy atom. The molecule has 0 unspecified atom stereocenters. The van der Waals surface area contributed by atoms with Crippen molar-refractivity contribution in [3.05, 3.63) is 86.7 Å². The minimum atomic E-state index is -0.870. The molecule has 0 atom stereocenters. The van der Waals surface area contributed by atoms with Gasteiger partial charge in [0.1, 0.15) is 5.69 Å². The summed E-state index contributed by atoms with van der Waals surface area (Å²) >= 11 is 16.3. The third kappa shape index (κ3) is 5.09. The van der Waals surface area contributed by atoms with Gasteiger partial charge in [-0.1, -0.05) is 47.5 Å². The van der Waals surface area contributed by atoms with Crippen LogP contribution in [0.2, 0.25) is 10.0 Å². The summed E-state index contributed by atoms with van der Waals surface area (Å²) in [7, 11) is 1.15. The third-order valence-electron chi connectivity index (χ3n) is 4.92. The van der Waals surface area contributed by atoms with Gasteiger partial charge in [-0.2, -0.15) is 0 Å². The first-order chi connectivity index (χ1) is 16.8. The zero-order valence-electron chi connectivity index (χ0n) is 17.9. The molecule has 0 aliphatic heterocycles. The average molecular weight is 577 g/mol. The third-order valence-corrected chi connectivity index (χ3v) is 6.04. The molecule has 0 saturated carbocycles. The quantitative estimate of drug-likeness (QED) is 0.283. The molecular weight excluding hydrogens is 561 g/mol. The molecule has 0 saturated heterocycles. The SMILES string of the molecule is COC(=O)NNC(=O)c1cc2ccccc2c(Cl)c1NC(=O)c1cc(Br)cn1-c1ncccc1Cl. The van der Waals surface area contributed by atoms with E-state index in [1.54, 1.807) is 60.9 Å². The highest BCUT2D eigenvalue weighted by Crippen LogP contribution is 2.35. The highest BCUT2D eigenvalue weighted by Gasteiger charge is 2.23. The molecule has 3 N–H and O–H groups in total. The highest BCUT2D eigenvalue weighted by atomic mass is 79.9. The van der Waals surface area contributed by atoms with E-state index in [9.17, 15) is 14.4 Å². The molecule has 0 aliphatic rings. The topological polar surface area (TPSA) is 114 Å². The summed E-state index contributed by atoms with van der Waals surface area (Å²) in [5.41, 5.74) is 4.58. The van der Waals surface area contributed by atoms with Crippen LogP contribution in [-0.2, 0) is 4.74 Å². The Bertz CT molecular complexity index is 1470. The lowest BCUT2D eigenvalue weighted by atomic mass is 10.0. The molecule has 0 spiro atoms. The lowest BCUT2D eigenvalue weighted by Gasteiger charge is -2.16. The monoisotopic (exact) mass is 575 g/mol. The number of benzene rings is 2. The van der Waals surface area contributed by atoms with Gasteiger partial charge in [0.2, 0.25) is 0 Å². The second kappa shape index (κ2) is 10.3. The van der Waals surface area contributed by atoms with Crippen molar-refractivity contribution >= 4 is 73.5 Å². The lowest BCUT2D eigenvalue weighted by molar-refractivity contribution is 0.0921. The summed E-state index contributed by atoms with van der Waals surface area (Å²) in [6.07, 6.45) is 2.32. The number of hydrazine groups is 1. The fraction of sp³-hybridized carbons (Fsp3) is 0.0435. The van der Waals surface area contributed by atoms with E-state index in [-0.39, 0.29) is 22.0 Å². The van der Waals surface area contributed by atoms with E-state index >= 15 is 0 Å². The fourth-order valence-corrected chi connectivity index (χ4v) is 4.30. The van der Waals surface area contributed by atoms with Crippen molar-refractivity contribution < 1.29 is 19.1 Å². The summed E-state index contributed by atoms with van der Waals surface area (Å²) < 4.78 is 6.58. The fourth-order valence-electron chi connectivity index (χ4n) is 3.34. The summed E-state index contributed by atoms with van der Waals surface area (Å²) in [6.45, 7) is 0. The van der Waals surface area contributed by atoms with Crippen LogP contribution in [0.15, 0.2) is 65.4 Å². The molecule has 35 heavy (non-hydrogen) atoms. The lowest BCUT2D eigenvalue weighted by Crippen LogP contribution is -2.41. The normalized spacial score (nSPS) is 10.6. The summed E-state index contributed by atoms with van der Waals surface area (Å²) in [5, 5.41) is 4.48. The van der Waals surface area contributed by atoms with Crippen LogP contribution in [0, 0.1) is 0 Å². The molecule has 4 rings (SSSR count). The number of carbonyl (C=O) groups excluding carboxylic acids is 3. The van der Waals surface area contributed by atoms with E-state index in [1.807, 2.05) is 0 Å². The number of pyridine rings is 1. The number of hydrogen-bond donors (Lipinski definition) is 3. The van der Waals surface area contributed by atoms with Crippen LogP contribution >= 0.6 is 39.1 Å². The predicted octanol–water partition coefficient (Wildman–Crippen LogP) is 5.35. The second-order valence-corrected chi connectivity index (χ2v) is 8.78. The molecule has 9 nitrogen and oxygen atoms in total. The molecule has 0 radical (unpaired) electrons. The van der Waals surface area contributed by atoms with E-state index in [0.29, 0.717) is 26.1 Å². The first-order valence-electron chi connectivity index (χ1n) is 9.95. The number of amides is 3. The molecule has 0 aliphatic carbocycles. The molecule has 2 aromatic carbocycles. The van der Waals surface area contributed by atoms with Gasteiger partial charge in [0.25, 0.3) is 11.8 Å². The van der Waals surface area contributed by atoms with E-state index in [2.05, 4.69) is 41.8 Å². The molecule has 0 fully saturated rings. The number of anilines is 1. The minimum Gasteiger partial charge on any atom is -0.452 e. The van der Waals surface area contributed by atoms with Gasteiger partial charge in [-0.15, -0.1) is 0 Å². The van der Waals surface area contributed by atoms with Gasteiger partial charge in [0.15, 0.2) is 5.82 Å². The molecule has 2 heterocycles. The highest BCUT2D eigenvalue weighted by molar-refractivity contribution is 9.10. The standard InChI is InChI=1S/C23H16BrCl2N5O4/c1-35-23(34)30-29-21(32)15-9-12-5-2-3-6-14(12)18(26)19(15)28-22(33)17-10-13(24)11-31(17)20-16(25)7-4-8-27-20/h2-11H,1H3,(H,28,33)(H,29,32)(H,30,34). The maximum atomic E-state index is 13.4. The van der Waals surface area contributed by atoms with Gasteiger partial charge >= 0.3 is 6.09 Å². The Balaban J connectivity index is 1.77. The largest absolute Gasteiger partial charge is 0.452 e. The zero-order chi connectivity index (χ0) is 25.1. The van der Waals surface area contributed by atoms with Gasteiger partial charge < -0.3 is 10.1 Å². The number of nitrogens with one attached hydrogen (secondary N) is 3. The molecule has 3 amide bonds. The number of nitrogens with zero attached hydrogens (tertiary/aromatic N) is 2. The van der Waals surface area contributed by atoms with Crippen molar-refractivity contribution in [3.8, 4) is 5.82 Å². The van der Waals surface area contributed by atoms with Crippen LogP contribution in [0.4, 0.5) is 10.5 Å². The van der Waals surface area contributed by atoms with Crippen LogP contribution in [0.3, 0.4) is 0 Å². The molecule has 178 valence electrons. The maximum Gasteiger partial charge on any atom is 0.425 e. The van der Waals surface area contributed by atoms with Crippen molar-refractivity contribution in [2.24, 2.45) is 0 Å². The molecule has 4 aromatic rings. The van der Waals surface area contributed by atoms with Crippen LogP contribution in [-0.4, -0.2) is 34.6 Å². The van der Waals surface area contributed by atoms with Gasteiger partial charge in [0.05, 0.1) is 28.4 Å². The Kier molecular flexibility index (Phi) is 7.25. The van der Waals surface area contributed by atoms with Crippen molar-refractivity contribution in [1.82, 2.24) is 20.4 Å². The van der Waals surface area contributed by atoms with Crippen LogP contribution in [0.25, 0.3) is 16.6 Å².